The summed E-state index contributed by atoms with van der Waals surface area (Å²) >= 11 is 3.10. The van der Waals surface area contributed by atoms with E-state index in [4.69, 9.17) is 0 Å². The third-order valence-electron chi connectivity index (χ3n) is 2.05. The molecular formula is C8H8BrN7O2. The molecule has 18 heavy (non-hydrogen) atoms. The fourth-order valence-electron chi connectivity index (χ4n) is 1.21. The maximum absolute atomic E-state index is 10.5. The minimum atomic E-state index is -0.656. The molecule has 0 radical (unpaired) electrons. The maximum atomic E-state index is 10.5. The van der Waals surface area contributed by atoms with Gasteiger partial charge in [-0.1, -0.05) is 0 Å². The first-order chi connectivity index (χ1) is 8.60. The zero-order valence-corrected chi connectivity index (χ0v) is 10.8. The SMILES string of the molecule is CNc1cnc(Cn2nc([N+](=O)[O-])nc2Br)cn1. The highest BCUT2D eigenvalue weighted by Gasteiger charge is 2.19. The summed E-state index contributed by atoms with van der Waals surface area (Å²) in [7, 11) is 1.74. The van der Waals surface area contributed by atoms with Gasteiger partial charge >= 0.3 is 5.95 Å². The number of rotatable bonds is 4. The summed E-state index contributed by atoms with van der Waals surface area (Å²) in [5.41, 5.74) is 0.620. The Morgan fingerprint density at radius 1 is 1.50 bits per heavy atom. The van der Waals surface area contributed by atoms with Crippen molar-refractivity contribution in [3.05, 3.63) is 32.9 Å². The molecule has 0 aliphatic heterocycles. The molecule has 2 rings (SSSR count). The second kappa shape index (κ2) is 5.04. The van der Waals surface area contributed by atoms with Gasteiger partial charge in [0.1, 0.15) is 12.4 Å². The molecule has 0 fully saturated rings. The quantitative estimate of drug-likeness (QED) is 0.657. The van der Waals surface area contributed by atoms with E-state index in [2.05, 4.69) is 41.3 Å². The molecule has 2 aromatic heterocycles. The van der Waals surface area contributed by atoms with Crippen molar-refractivity contribution < 1.29 is 4.92 Å². The molecule has 1 N–H and O–H groups in total. The third-order valence-corrected chi connectivity index (χ3v) is 2.64. The minimum absolute atomic E-state index is 0.248. The van der Waals surface area contributed by atoms with Gasteiger partial charge in [-0.2, -0.15) is 4.68 Å². The Kier molecular flexibility index (Phi) is 3.46. The first kappa shape index (κ1) is 12.4. The van der Waals surface area contributed by atoms with Gasteiger partial charge in [0.25, 0.3) is 4.73 Å². The van der Waals surface area contributed by atoms with Crippen LogP contribution in [0.4, 0.5) is 11.8 Å². The van der Waals surface area contributed by atoms with Crippen LogP contribution in [0.15, 0.2) is 17.1 Å². The third kappa shape index (κ3) is 2.59. The zero-order valence-electron chi connectivity index (χ0n) is 9.24. The molecule has 0 saturated heterocycles. The van der Waals surface area contributed by atoms with Gasteiger partial charge in [-0.15, -0.1) is 0 Å². The molecule has 0 atom stereocenters. The lowest BCUT2D eigenvalue weighted by molar-refractivity contribution is -0.394. The van der Waals surface area contributed by atoms with Crippen molar-refractivity contribution >= 4 is 27.7 Å². The van der Waals surface area contributed by atoms with Gasteiger partial charge in [0.15, 0.2) is 0 Å². The topological polar surface area (TPSA) is 112 Å². The number of aromatic nitrogens is 5. The van der Waals surface area contributed by atoms with Gasteiger partial charge < -0.3 is 15.4 Å². The summed E-state index contributed by atoms with van der Waals surface area (Å²) in [6.07, 6.45) is 3.13. The van der Waals surface area contributed by atoms with Crippen LogP contribution in [0.5, 0.6) is 0 Å². The zero-order chi connectivity index (χ0) is 13.1. The second-order valence-corrected chi connectivity index (χ2v) is 3.95. The summed E-state index contributed by atoms with van der Waals surface area (Å²) in [5.74, 6) is 0.184. The predicted molar refractivity (Wildman–Crippen MR) is 65.1 cm³/mol. The molecule has 9 nitrogen and oxygen atoms in total. The monoisotopic (exact) mass is 313 g/mol. The van der Waals surface area contributed by atoms with Gasteiger partial charge in [-0.3, -0.25) is 4.98 Å². The summed E-state index contributed by atoms with van der Waals surface area (Å²) in [4.78, 5) is 21.7. The molecule has 0 spiro atoms. The number of anilines is 1. The van der Waals surface area contributed by atoms with Crippen LogP contribution in [0.1, 0.15) is 5.69 Å². The minimum Gasteiger partial charge on any atom is -0.390 e. The summed E-state index contributed by atoms with van der Waals surface area (Å²) in [6.45, 7) is 0.248. The molecule has 0 saturated carbocycles. The number of nitrogens with zero attached hydrogens (tertiary/aromatic N) is 6. The summed E-state index contributed by atoms with van der Waals surface area (Å²) in [5, 5.41) is 17.1. The lowest BCUT2D eigenvalue weighted by atomic mass is 10.4. The maximum Gasteiger partial charge on any atom is 0.492 e. The number of hydrogen-bond donors (Lipinski definition) is 1. The molecule has 0 aromatic carbocycles. The first-order valence-corrected chi connectivity index (χ1v) is 5.63. The second-order valence-electron chi connectivity index (χ2n) is 3.24. The number of nitrogens with one attached hydrogen (secondary N) is 1. The molecule has 0 aliphatic carbocycles. The van der Waals surface area contributed by atoms with E-state index in [1.54, 1.807) is 19.4 Å². The van der Waals surface area contributed by atoms with Crippen LogP contribution in [0.25, 0.3) is 0 Å². The largest absolute Gasteiger partial charge is 0.492 e. The van der Waals surface area contributed by atoms with E-state index in [0.29, 0.717) is 11.5 Å². The van der Waals surface area contributed by atoms with Crippen molar-refractivity contribution in [3.63, 3.8) is 0 Å². The average Bonchev–Trinajstić information content (AvgIpc) is 2.72. The predicted octanol–water partition coefficient (Wildman–Crippen LogP) is 0.829. The Bertz CT molecular complexity index is 567. The van der Waals surface area contributed by atoms with Crippen LogP contribution < -0.4 is 5.32 Å². The molecule has 94 valence electrons. The van der Waals surface area contributed by atoms with Crippen LogP contribution in [-0.2, 0) is 6.54 Å². The van der Waals surface area contributed by atoms with Gasteiger partial charge in [0.05, 0.1) is 18.1 Å². The summed E-state index contributed by atoms with van der Waals surface area (Å²) in [6, 6.07) is 0. The lowest BCUT2D eigenvalue weighted by Gasteiger charge is -2.00. The Labute approximate surface area is 110 Å². The van der Waals surface area contributed by atoms with Crippen LogP contribution in [0.2, 0.25) is 0 Å². The van der Waals surface area contributed by atoms with Crippen LogP contribution in [0, 0.1) is 10.1 Å². The van der Waals surface area contributed by atoms with E-state index in [-0.39, 0.29) is 11.3 Å². The highest BCUT2D eigenvalue weighted by atomic mass is 79.9. The van der Waals surface area contributed by atoms with Crippen molar-refractivity contribution in [2.45, 2.75) is 6.54 Å². The van der Waals surface area contributed by atoms with E-state index in [9.17, 15) is 10.1 Å². The Balaban J connectivity index is 2.19. The fraction of sp³-hybridized carbons (Fsp3) is 0.250. The molecule has 2 aromatic rings. The number of hydrogen-bond acceptors (Lipinski definition) is 7. The van der Waals surface area contributed by atoms with Crippen molar-refractivity contribution in [3.8, 4) is 0 Å². The van der Waals surface area contributed by atoms with Gasteiger partial charge in [0.2, 0.25) is 0 Å². The lowest BCUT2D eigenvalue weighted by Crippen LogP contribution is -2.05. The standard InChI is InChI=1S/C8H8BrN7O2/c1-10-6-3-11-5(2-12-6)4-15-7(9)13-8(14-15)16(17)18/h2-3H,4H2,1H3,(H,10,12). The Morgan fingerprint density at radius 2 is 2.28 bits per heavy atom. The van der Waals surface area contributed by atoms with Crippen molar-refractivity contribution in [2.24, 2.45) is 0 Å². The van der Waals surface area contributed by atoms with Crippen molar-refractivity contribution in [1.29, 1.82) is 0 Å². The van der Waals surface area contributed by atoms with Crippen molar-refractivity contribution in [1.82, 2.24) is 24.7 Å². The van der Waals surface area contributed by atoms with E-state index in [1.807, 2.05) is 0 Å². The van der Waals surface area contributed by atoms with Gasteiger partial charge in [-0.25, -0.2) is 4.98 Å². The van der Waals surface area contributed by atoms with E-state index in [0.717, 1.165) is 0 Å². The van der Waals surface area contributed by atoms with Gasteiger partial charge in [-0.05, 0) is 9.91 Å². The van der Waals surface area contributed by atoms with Crippen molar-refractivity contribution in [2.75, 3.05) is 12.4 Å². The van der Waals surface area contributed by atoms with E-state index >= 15 is 0 Å². The highest BCUT2D eigenvalue weighted by Crippen LogP contribution is 2.13. The molecule has 0 unspecified atom stereocenters. The number of halogens is 1. The molecule has 10 heteroatoms. The van der Waals surface area contributed by atoms with Crippen LogP contribution >= 0.6 is 15.9 Å². The molecule has 0 aliphatic rings. The normalized spacial score (nSPS) is 10.3. The number of nitro groups is 1. The Hall–Kier alpha value is -2.10. The fourth-order valence-corrected chi connectivity index (χ4v) is 1.57. The average molecular weight is 314 g/mol. The molecule has 0 amide bonds. The van der Waals surface area contributed by atoms with Crippen LogP contribution in [-0.4, -0.2) is 36.7 Å². The molecule has 2 heterocycles. The Morgan fingerprint density at radius 3 is 2.78 bits per heavy atom. The molecular weight excluding hydrogens is 306 g/mol. The highest BCUT2D eigenvalue weighted by molar-refractivity contribution is 9.10. The van der Waals surface area contributed by atoms with E-state index in [1.165, 1.54) is 4.68 Å². The van der Waals surface area contributed by atoms with Crippen LogP contribution in [0.3, 0.4) is 0 Å². The molecule has 0 bridgehead atoms. The van der Waals surface area contributed by atoms with E-state index < -0.39 is 10.9 Å². The van der Waals surface area contributed by atoms with Gasteiger partial charge in [0, 0.05) is 28.1 Å². The first-order valence-electron chi connectivity index (χ1n) is 4.83. The smallest absolute Gasteiger partial charge is 0.390 e. The summed E-state index contributed by atoms with van der Waals surface area (Å²) < 4.78 is 1.61.